The van der Waals surface area contributed by atoms with E-state index in [1.165, 1.54) is 0 Å². The fourth-order valence-electron chi connectivity index (χ4n) is 1.93. The Balaban J connectivity index is 1.62. The van der Waals surface area contributed by atoms with Crippen molar-refractivity contribution < 1.29 is 14.3 Å². The maximum absolute atomic E-state index is 11.8. The van der Waals surface area contributed by atoms with E-state index >= 15 is 0 Å². The minimum atomic E-state index is -0.670. The van der Waals surface area contributed by atoms with Crippen LogP contribution < -0.4 is 16.4 Å². The third-order valence-corrected chi connectivity index (χ3v) is 3.70. The first kappa shape index (κ1) is 16.5. The Morgan fingerprint density at radius 3 is 2.59 bits per heavy atom. The summed E-state index contributed by atoms with van der Waals surface area (Å²) < 4.78 is 5.48. The molecule has 0 unspecified atom stereocenters. The first-order valence-electron chi connectivity index (χ1n) is 7.46. The Bertz CT molecular complexity index is 515. The lowest BCUT2D eigenvalue weighted by molar-refractivity contribution is -0.128. The van der Waals surface area contributed by atoms with Crippen LogP contribution in [-0.2, 0) is 20.7 Å². The summed E-state index contributed by atoms with van der Waals surface area (Å²) in [5, 5.41) is 5.14. The maximum Gasteiger partial charge on any atom is 0.241 e. The second-order valence-electron chi connectivity index (χ2n) is 5.85. The topological polar surface area (TPSA) is 93.5 Å². The summed E-state index contributed by atoms with van der Waals surface area (Å²) in [5.74, 6) is -0.626. The minimum Gasteiger partial charge on any atom is -0.355 e. The lowest BCUT2D eigenvalue weighted by atomic mass is 10.1. The molecule has 1 saturated carbocycles. The van der Waals surface area contributed by atoms with Gasteiger partial charge in [0.15, 0.2) is 0 Å². The van der Waals surface area contributed by atoms with Crippen LogP contribution in [-0.4, -0.2) is 36.7 Å². The molecule has 120 valence electrons. The van der Waals surface area contributed by atoms with Gasteiger partial charge in [0.1, 0.15) is 6.73 Å². The SMILES string of the molecule is CC1(OCNC(=O)CNC(=O)[C@@H](N)Cc2ccccc2)CC1. The molecule has 1 aliphatic rings. The molecule has 0 aliphatic heterocycles. The Morgan fingerprint density at radius 2 is 1.95 bits per heavy atom. The van der Waals surface area contributed by atoms with Gasteiger partial charge >= 0.3 is 0 Å². The molecule has 2 rings (SSSR count). The van der Waals surface area contributed by atoms with Crippen molar-refractivity contribution in [2.24, 2.45) is 5.73 Å². The van der Waals surface area contributed by atoms with Crippen molar-refractivity contribution in [3.05, 3.63) is 35.9 Å². The van der Waals surface area contributed by atoms with E-state index in [1.54, 1.807) is 0 Å². The molecular formula is C16H23N3O3. The van der Waals surface area contributed by atoms with E-state index in [1.807, 2.05) is 37.3 Å². The van der Waals surface area contributed by atoms with Crippen LogP contribution in [0.15, 0.2) is 30.3 Å². The molecule has 6 heteroatoms. The third kappa shape index (κ3) is 5.46. The average Bonchev–Trinajstić information content (AvgIpc) is 3.23. The summed E-state index contributed by atoms with van der Waals surface area (Å²) in [4.78, 5) is 23.4. The summed E-state index contributed by atoms with van der Waals surface area (Å²) in [5.41, 5.74) is 6.74. The summed E-state index contributed by atoms with van der Waals surface area (Å²) in [7, 11) is 0. The Labute approximate surface area is 130 Å². The molecule has 2 amide bonds. The highest BCUT2D eigenvalue weighted by molar-refractivity contribution is 5.87. The van der Waals surface area contributed by atoms with Gasteiger partial charge in [0.2, 0.25) is 11.8 Å². The molecule has 1 aromatic carbocycles. The zero-order valence-electron chi connectivity index (χ0n) is 12.8. The van der Waals surface area contributed by atoms with Gasteiger partial charge in [-0.2, -0.15) is 0 Å². The number of nitrogens with two attached hydrogens (primary N) is 1. The molecule has 1 aliphatic carbocycles. The molecular weight excluding hydrogens is 282 g/mol. The molecule has 4 N–H and O–H groups in total. The fraction of sp³-hybridized carbons (Fsp3) is 0.500. The van der Waals surface area contributed by atoms with Crippen LogP contribution in [0.4, 0.5) is 0 Å². The van der Waals surface area contributed by atoms with Crippen molar-refractivity contribution >= 4 is 11.8 Å². The molecule has 0 bridgehead atoms. The van der Waals surface area contributed by atoms with Crippen molar-refractivity contribution in [2.75, 3.05) is 13.3 Å². The van der Waals surface area contributed by atoms with Crippen molar-refractivity contribution in [2.45, 2.75) is 37.8 Å². The molecule has 1 fully saturated rings. The molecule has 0 spiro atoms. The quantitative estimate of drug-likeness (QED) is 0.603. The standard InChI is InChI=1S/C16H23N3O3/c1-16(7-8-16)22-11-19-14(20)10-18-15(21)13(17)9-12-5-3-2-4-6-12/h2-6,13H,7-11,17H2,1H3,(H,18,21)(H,19,20)/t13-/m0/s1. The third-order valence-electron chi connectivity index (χ3n) is 3.70. The highest BCUT2D eigenvalue weighted by Gasteiger charge is 2.38. The van der Waals surface area contributed by atoms with Gasteiger partial charge in [-0.25, -0.2) is 0 Å². The van der Waals surface area contributed by atoms with Crippen LogP contribution >= 0.6 is 0 Å². The number of nitrogens with one attached hydrogen (secondary N) is 2. The molecule has 0 saturated heterocycles. The predicted octanol–water partition coefficient (Wildman–Crippen LogP) is 0.315. The van der Waals surface area contributed by atoms with Gasteiger partial charge in [0.05, 0.1) is 18.2 Å². The maximum atomic E-state index is 11.8. The zero-order chi connectivity index (χ0) is 16.0. The van der Waals surface area contributed by atoms with Gasteiger partial charge in [-0.1, -0.05) is 30.3 Å². The van der Waals surface area contributed by atoms with Gasteiger partial charge in [0.25, 0.3) is 0 Å². The number of hydrogen-bond acceptors (Lipinski definition) is 4. The largest absolute Gasteiger partial charge is 0.355 e. The van der Waals surface area contributed by atoms with Crippen molar-refractivity contribution in [3.63, 3.8) is 0 Å². The van der Waals surface area contributed by atoms with Gasteiger partial charge in [-0.3, -0.25) is 9.59 Å². The first-order valence-corrected chi connectivity index (χ1v) is 7.46. The summed E-state index contributed by atoms with van der Waals surface area (Å²) in [6.07, 6.45) is 2.48. The number of rotatable bonds is 8. The van der Waals surface area contributed by atoms with Gasteiger partial charge in [-0.05, 0) is 31.7 Å². The van der Waals surface area contributed by atoms with Crippen molar-refractivity contribution in [1.82, 2.24) is 10.6 Å². The second kappa shape index (κ2) is 7.38. The number of ether oxygens (including phenoxy) is 1. The van der Waals surface area contributed by atoms with E-state index in [0.29, 0.717) is 6.42 Å². The highest BCUT2D eigenvalue weighted by atomic mass is 16.5. The average molecular weight is 305 g/mol. The highest BCUT2D eigenvalue weighted by Crippen LogP contribution is 2.38. The van der Waals surface area contributed by atoms with Gasteiger partial charge < -0.3 is 21.1 Å². The van der Waals surface area contributed by atoms with Crippen LogP contribution in [0.25, 0.3) is 0 Å². The van der Waals surface area contributed by atoms with Gasteiger partial charge in [-0.15, -0.1) is 0 Å². The molecule has 6 nitrogen and oxygen atoms in total. The van der Waals surface area contributed by atoms with E-state index in [-0.39, 0.29) is 30.7 Å². The molecule has 1 atom stereocenters. The molecule has 0 heterocycles. The van der Waals surface area contributed by atoms with Crippen LogP contribution in [0.5, 0.6) is 0 Å². The Kier molecular flexibility index (Phi) is 5.51. The van der Waals surface area contributed by atoms with Crippen LogP contribution in [0.1, 0.15) is 25.3 Å². The smallest absolute Gasteiger partial charge is 0.241 e. The number of carbonyl (C=O) groups excluding carboxylic acids is 2. The predicted molar refractivity (Wildman–Crippen MR) is 82.9 cm³/mol. The van der Waals surface area contributed by atoms with Crippen molar-refractivity contribution in [1.29, 1.82) is 0 Å². The summed E-state index contributed by atoms with van der Waals surface area (Å²) in [6, 6.07) is 8.85. The number of hydrogen-bond donors (Lipinski definition) is 3. The number of carbonyl (C=O) groups is 2. The lowest BCUT2D eigenvalue weighted by Gasteiger charge is -2.14. The summed E-state index contributed by atoms with van der Waals surface area (Å²) >= 11 is 0. The molecule has 1 aromatic rings. The van der Waals surface area contributed by atoms with Crippen molar-refractivity contribution in [3.8, 4) is 0 Å². The van der Waals surface area contributed by atoms with Crippen LogP contribution in [0.3, 0.4) is 0 Å². The Morgan fingerprint density at radius 1 is 1.27 bits per heavy atom. The Hall–Kier alpha value is -1.92. The molecule has 0 aromatic heterocycles. The van der Waals surface area contributed by atoms with E-state index in [9.17, 15) is 9.59 Å². The van der Waals surface area contributed by atoms with Crippen LogP contribution in [0, 0.1) is 0 Å². The molecule has 22 heavy (non-hydrogen) atoms. The van der Waals surface area contributed by atoms with E-state index in [0.717, 1.165) is 18.4 Å². The van der Waals surface area contributed by atoms with E-state index < -0.39 is 6.04 Å². The second-order valence-corrected chi connectivity index (χ2v) is 5.85. The monoisotopic (exact) mass is 305 g/mol. The first-order chi connectivity index (χ1) is 10.5. The lowest BCUT2D eigenvalue weighted by Crippen LogP contribution is -2.46. The van der Waals surface area contributed by atoms with Gasteiger partial charge in [0, 0.05) is 0 Å². The minimum absolute atomic E-state index is 0.0748. The zero-order valence-corrected chi connectivity index (χ0v) is 12.8. The number of amides is 2. The summed E-state index contributed by atoms with van der Waals surface area (Å²) in [6.45, 7) is 2.08. The van der Waals surface area contributed by atoms with E-state index in [2.05, 4.69) is 10.6 Å². The normalized spacial score (nSPS) is 16.6. The van der Waals surface area contributed by atoms with E-state index in [4.69, 9.17) is 10.5 Å². The fourth-order valence-corrected chi connectivity index (χ4v) is 1.93. The molecule has 0 radical (unpaired) electrons. The van der Waals surface area contributed by atoms with Crippen LogP contribution in [0.2, 0.25) is 0 Å². The number of benzene rings is 1.